The molecule has 0 bridgehead atoms. The van der Waals surface area contributed by atoms with Crippen molar-refractivity contribution in [3.05, 3.63) is 82.8 Å². The van der Waals surface area contributed by atoms with Gasteiger partial charge in [-0.15, -0.1) is 0 Å². The molecule has 0 saturated heterocycles. The fraction of sp³-hybridized carbons (Fsp3) is 0. The lowest BCUT2D eigenvalue weighted by Gasteiger charge is -1.99. The molecular formula is C18H12ClFN2O2. The first-order valence-corrected chi connectivity index (χ1v) is 7.44. The Bertz CT molecular complexity index is 888. The fourth-order valence-corrected chi connectivity index (χ4v) is 2.23. The maximum Gasteiger partial charge on any atom is 0.271 e. The molecule has 1 heterocycles. The Labute approximate surface area is 142 Å². The van der Waals surface area contributed by atoms with Gasteiger partial charge in [0.1, 0.15) is 17.3 Å². The quantitative estimate of drug-likeness (QED) is 0.560. The van der Waals surface area contributed by atoms with Crippen LogP contribution in [0.3, 0.4) is 0 Å². The summed E-state index contributed by atoms with van der Waals surface area (Å²) in [4.78, 5) is 11.8. The van der Waals surface area contributed by atoms with E-state index in [1.807, 2.05) is 12.1 Å². The summed E-state index contributed by atoms with van der Waals surface area (Å²) in [5, 5.41) is 4.44. The molecule has 2 aromatic carbocycles. The Balaban J connectivity index is 1.65. The van der Waals surface area contributed by atoms with Crippen molar-refractivity contribution in [1.82, 2.24) is 5.43 Å². The molecule has 1 aromatic heterocycles. The maximum absolute atomic E-state index is 12.8. The van der Waals surface area contributed by atoms with Crippen LogP contribution in [0.25, 0.3) is 11.3 Å². The highest BCUT2D eigenvalue weighted by Crippen LogP contribution is 2.24. The highest BCUT2D eigenvalue weighted by atomic mass is 35.5. The molecule has 0 aliphatic carbocycles. The topological polar surface area (TPSA) is 54.6 Å². The van der Waals surface area contributed by atoms with Crippen LogP contribution in [0, 0.1) is 5.82 Å². The number of benzene rings is 2. The molecule has 0 aliphatic heterocycles. The van der Waals surface area contributed by atoms with Crippen molar-refractivity contribution in [2.24, 2.45) is 5.10 Å². The largest absolute Gasteiger partial charge is 0.455 e. The summed E-state index contributed by atoms with van der Waals surface area (Å²) in [7, 11) is 0. The predicted octanol–water partition coefficient (Wildman–Crippen LogP) is 4.50. The first-order valence-electron chi connectivity index (χ1n) is 7.06. The van der Waals surface area contributed by atoms with E-state index < -0.39 is 11.7 Å². The number of carbonyl (C=O) groups is 1. The summed E-state index contributed by atoms with van der Waals surface area (Å²) in [6, 6.07) is 16.0. The van der Waals surface area contributed by atoms with E-state index in [0.29, 0.717) is 22.1 Å². The lowest BCUT2D eigenvalue weighted by Crippen LogP contribution is -2.17. The molecule has 0 fully saturated rings. The first-order chi connectivity index (χ1) is 11.6. The molecule has 0 radical (unpaired) electrons. The van der Waals surface area contributed by atoms with Crippen molar-refractivity contribution in [3.63, 3.8) is 0 Å². The lowest BCUT2D eigenvalue weighted by atomic mass is 10.2. The van der Waals surface area contributed by atoms with Crippen LogP contribution in [0.4, 0.5) is 4.39 Å². The Morgan fingerprint density at radius 1 is 1.12 bits per heavy atom. The fourth-order valence-electron chi connectivity index (χ4n) is 2.04. The number of halogens is 2. The second-order valence-corrected chi connectivity index (χ2v) is 5.35. The molecule has 0 spiro atoms. The summed E-state index contributed by atoms with van der Waals surface area (Å²) in [5.74, 6) is 0.278. The van der Waals surface area contributed by atoms with Gasteiger partial charge in [-0.2, -0.15) is 5.10 Å². The number of furan rings is 1. The van der Waals surface area contributed by atoms with Crippen molar-refractivity contribution in [2.75, 3.05) is 0 Å². The van der Waals surface area contributed by atoms with Crippen LogP contribution in [0.2, 0.25) is 5.02 Å². The monoisotopic (exact) mass is 342 g/mol. The molecule has 3 rings (SSSR count). The zero-order valence-electron chi connectivity index (χ0n) is 12.4. The highest BCUT2D eigenvalue weighted by Gasteiger charge is 2.05. The van der Waals surface area contributed by atoms with Crippen LogP contribution in [0.15, 0.2) is 70.2 Å². The zero-order chi connectivity index (χ0) is 16.9. The van der Waals surface area contributed by atoms with E-state index in [-0.39, 0.29) is 0 Å². The zero-order valence-corrected chi connectivity index (χ0v) is 13.1. The van der Waals surface area contributed by atoms with E-state index in [1.165, 1.54) is 30.5 Å². The van der Waals surface area contributed by atoms with E-state index >= 15 is 0 Å². The van der Waals surface area contributed by atoms with Crippen LogP contribution >= 0.6 is 11.6 Å². The maximum atomic E-state index is 12.8. The molecular weight excluding hydrogens is 331 g/mol. The summed E-state index contributed by atoms with van der Waals surface area (Å²) in [6.45, 7) is 0. The number of carbonyl (C=O) groups excluding carboxylic acids is 1. The van der Waals surface area contributed by atoms with Crippen molar-refractivity contribution < 1.29 is 13.6 Å². The van der Waals surface area contributed by atoms with Gasteiger partial charge in [0.25, 0.3) is 5.91 Å². The third kappa shape index (κ3) is 3.88. The van der Waals surface area contributed by atoms with Gasteiger partial charge in [0, 0.05) is 16.1 Å². The normalized spacial score (nSPS) is 10.9. The van der Waals surface area contributed by atoms with Gasteiger partial charge in [0.05, 0.1) is 6.21 Å². The molecule has 120 valence electrons. The minimum absolute atomic E-state index is 0.313. The van der Waals surface area contributed by atoms with Crippen molar-refractivity contribution >= 4 is 23.7 Å². The van der Waals surface area contributed by atoms with Crippen LogP contribution in [-0.4, -0.2) is 12.1 Å². The Kier molecular flexibility index (Phi) is 4.72. The Morgan fingerprint density at radius 3 is 2.67 bits per heavy atom. The molecule has 0 aliphatic rings. The average molecular weight is 343 g/mol. The number of hydrazone groups is 1. The first kappa shape index (κ1) is 16.0. The molecule has 4 nitrogen and oxygen atoms in total. The summed E-state index contributed by atoms with van der Waals surface area (Å²) in [6.07, 6.45) is 1.38. The Hall–Kier alpha value is -2.92. The number of amides is 1. The van der Waals surface area contributed by atoms with Crippen molar-refractivity contribution in [2.45, 2.75) is 0 Å². The van der Waals surface area contributed by atoms with E-state index in [9.17, 15) is 9.18 Å². The highest BCUT2D eigenvalue weighted by molar-refractivity contribution is 6.30. The lowest BCUT2D eigenvalue weighted by molar-refractivity contribution is 0.0955. The number of hydrogen-bond acceptors (Lipinski definition) is 3. The van der Waals surface area contributed by atoms with Gasteiger partial charge in [-0.25, -0.2) is 9.82 Å². The van der Waals surface area contributed by atoms with Gasteiger partial charge < -0.3 is 4.42 Å². The van der Waals surface area contributed by atoms with Gasteiger partial charge in [-0.1, -0.05) is 23.7 Å². The van der Waals surface area contributed by atoms with Crippen LogP contribution in [-0.2, 0) is 0 Å². The molecule has 6 heteroatoms. The van der Waals surface area contributed by atoms with E-state index in [0.717, 1.165) is 5.56 Å². The Morgan fingerprint density at radius 2 is 1.92 bits per heavy atom. The number of hydrogen-bond donors (Lipinski definition) is 1. The number of rotatable bonds is 4. The van der Waals surface area contributed by atoms with Gasteiger partial charge in [-0.3, -0.25) is 4.79 Å². The molecule has 1 amide bonds. The van der Waals surface area contributed by atoms with Gasteiger partial charge >= 0.3 is 0 Å². The molecule has 3 aromatic rings. The van der Waals surface area contributed by atoms with E-state index in [4.69, 9.17) is 16.0 Å². The molecule has 0 atom stereocenters. The van der Waals surface area contributed by atoms with Gasteiger partial charge in [0.2, 0.25) is 0 Å². The SMILES string of the molecule is O=C(NN=Cc1ccc(-c2cccc(Cl)c2)o1)c1ccc(F)cc1. The second kappa shape index (κ2) is 7.10. The van der Waals surface area contributed by atoms with E-state index in [1.54, 1.807) is 24.3 Å². The van der Waals surface area contributed by atoms with Crippen molar-refractivity contribution in [3.8, 4) is 11.3 Å². The van der Waals surface area contributed by atoms with Crippen LogP contribution < -0.4 is 5.43 Å². The van der Waals surface area contributed by atoms with Gasteiger partial charge in [0.15, 0.2) is 0 Å². The smallest absolute Gasteiger partial charge is 0.271 e. The number of nitrogens with one attached hydrogen (secondary N) is 1. The van der Waals surface area contributed by atoms with Crippen LogP contribution in [0.5, 0.6) is 0 Å². The minimum atomic E-state index is -0.437. The molecule has 0 unspecified atom stereocenters. The summed E-state index contributed by atoms with van der Waals surface area (Å²) in [5.41, 5.74) is 3.51. The minimum Gasteiger partial charge on any atom is -0.455 e. The van der Waals surface area contributed by atoms with E-state index in [2.05, 4.69) is 10.5 Å². The standard InChI is InChI=1S/C18H12ClFN2O2/c19-14-3-1-2-13(10-14)17-9-8-16(24-17)11-21-22-18(23)12-4-6-15(20)7-5-12/h1-11H,(H,22,23). The number of nitrogens with zero attached hydrogens (tertiary/aromatic N) is 1. The molecule has 1 N–H and O–H groups in total. The van der Waals surface area contributed by atoms with Crippen molar-refractivity contribution in [1.29, 1.82) is 0 Å². The summed E-state index contributed by atoms with van der Waals surface area (Å²) < 4.78 is 18.4. The summed E-state index contributed by atoms with van der Waals surface area (Å²) >= 11 is 5.95. The third-order valence-electron chi connectivity index (χ3n) is 3.20. The predicted molar refractivity (Wildman–Crippen MR) is 90.6 cm³/mol. The second-order valence-electron chi connectivity index (χ2n) is 4.92. The van der Waals surface area contributed by atoms with Crippen LogP contribution in [0.1, 0.15) is 16.1 Å². The van der Waals surface area contributed by atoms with Gasteiger partial charge in [-0.05, 0) is 48.5 Å². The molecule has 0 saturated carbocycles. The average Bonchev–Trinajstić information content (AvgIpc) is 3.04. The third-order valence-corrected chi connectivity index (χ3v) is 3.44. The molecule has 24 heavy (non-hydrogen) atoms.